The van der Waals surface area contributed by atoms with Crippen LogP contribution in [0.2, 0.25) is 5.02 Å². The van der Waals surface area contributed by atoms with Crippen LogP contribution in [0.5, 0.6) is 0 Å². The fourth-order valence-corrected chi connectivity index (χ4v) is 4.26. The van der Waals surface area contributed by atoms with Gasteiger partial charge in [0, 0.05) is 42.3 Å². The molecule has 0 saturated carbocycles. The van der Waals surface area contributed by atoms with E-state index in [2.05, 4.69) is 9.88 Å². The van der Waals surface area contributed by atoms with Crippen molar-refractivity contribution in [1.29, 1.82) is 0 Å². The number of likely N-dealkylation sites (tertiary alicyclic amines) is 1. The molecule has 2 aliphatic rings. The number of aliphatic carboxylic acids is 1. The molecule has 2 saturated heterocycles. The van der Waals surface area contributed by atoms with Crippen molar-refractivity contribution in [3.05, 3.63) is 45.2 Å². The number of carboxylic acids is 1. The number of aromatic nitrogens is 1. The predicted octanol–water partition coefficient (Wildman–Crippen LogP) is 2.10. The lowest BCUT2D eigenvalue weighted by molar-refractivity contribution is -0.159. The zero-order chi connectivity index (χ0) is 17.6. The zero-order valence-electron chi connectivity index (χ0n) is 13.6. The molecule has 7 heteroatoms. The summed E-state index contributed by atoms with van der Waals surface area (Å²) in [7, 11) is 0. The molecule has 2 fully saturated rings. The highest BCUT2D eigenvalue weighted by Gasteiger charge is 2.54. The average Bonchev–Trinajstić information content (AvgIpc) is 2.95. The van der Waals surface area contributed by atoms with E-state index in [0.717, 1.165) is 11.8 Å². The van der Waals surface area contributed by atoms with E-state index in [-0.39, 0.29) is 18.1 Å². The van der Waals surface area contributed by atoms with Crippen LogP contribution in [0.15, 0.2) is 29.1 Å². The molecule has 0 radical (unpaired) electrons. The van der Waals surface area contributed by atoms with Gasteiger partial charge in [0.25, 0.3) is 5.56 Å². The van der Waals surface area contributed by atoms with Crippen molar-refractivity contribution in [3.63, 3.8) is 0 Å². The number of ether oxygens (including phenoxy) is 1. The summed E-state index contributed by atoms with van der Waals surface area (Å²) in [5.41, 5.74) is 0.321. The summed E-state index contributed by atoms with van der Waals surface area (Å²) in [6.45, 7) is 2.36. The number of aromatic amines is 1. The van der Waals surface area contributed by atoms with Gasteiger partial charge in [0.2, 0.25) is 0 Å². The maximum absolute atomic E-state index is 12.4. The number of carbonyl (C=O) groups is 1. The van der Waals surface area contributed by atoms with E-state index in [1.165, 1.54) is 0 Å². The molecule has 2 N–H and O–H groups in total. The molecule has 1 aromatic heterocycles. The van der Waals surface area contributed by atoms with Crippen molar-refractivity contribution in [2.45, 2.75) is 13.0 Å². The molecular weight excluding hydrogens is 344 g/mol. The number of nitrogens with one attached hydrogen (secondary N) is 1. The number of halogens is 1. The van der Waals surface area contributed by atoms with Crippen molar-refractivity contribution in [2.75, 3.05) is 26.3 Å². The highest BCUT2D eigenvalue weighted by atomic mass is 35.5. The summed E-state index contributed by atoms with van der Waals surface area (Å²) >= 11 is 5.97. The van der Waals surface area contributed by atoms with Gasteiger partial charge in [-0.05, 0) is 35.9 Å². The number of benzene rings is 1. The minimum absolute atomic E-state index is 0.0668. The second-order valence-electron chi connectivity index (χ2n) is 7.02. The van der Waals surface area contributed by atoms with Crippen molar-refractivity contribution < 1.29 is 14.6 Å². The number of rotatable bonds is 3. The fraction of sp³-hybridized carbons (Fsp3) is 0.444. The van der Waals surface area contributed by atoms with E-state index in [1.807, 2.05) is 12.1 Å². The number of nitrogens with zero attached hydrogens (tertiary/aromatic N) is 1. The molecule has 1 aromatic carbocycles. The van der Waals surface area contributed by atoms with Crippen LogP contribution in [-0.4, -0.2) is 47.3 Å². The third-order valence-corrected chi connectivity index (χ3v) is 5.68. The first-order valence-corrected chi connectivity index (χ1v) is 8.71. The number of hydrogen-bond donors (Lipinski definition) is 2. The Hall–Kier alpha value is -1.89. The van der Waals surface area contributed by atoms with E-state index >= 15 is 0 Å². The first kappa shape index (κ1) is 16.6. The lowest BCUT2D eigenvalue weighted by Gasteiger charge is -2.34. The van der Waals surface area contributed by atoms with E-state index in [9.17, 15) is 14.7 Å². The molecule has 132 valence electrons. The van der Waals surface area contributed by atoms with Gasteiger partial charge in [-0.1, -0.05) is 17.7 Å². The van der Waals surface area contributed by atoms with Crippen LogP contribution < -0.4 is 5.56 Å². The molecule has 25 heavy (non-hydrogen) atoms. The van der Waals surface area contributed by atoms with Gasteiger partial charge in [-0.25, -0.2) is 0 Å². The third-order valence-electron chi connectivity index (χ3n) is 5.44. The molecule has 2 atom stereocenters. The van der Waals surface area contributed by atoms with E-state index < -0.39 is 11.4 Å². The van der Waals surface area contributed by atoms with Gasteiger partial charge in [0.05, 0.1) is 6.61 Å². The van der Waals surface area contributed by atoms with Gasteiger partial charge in [0.1, 0.15) is 5.41 Å². The molecule has 2 aromatic rings. The topological polar surface area (TPSA) is 82.6 Å². The van der Waals surface area contributed by atoms with Crippen molar-refractivity contribution in [3.8, 4) is 0 Å². The molecule has 3 heterocycles. The van der Waals surface area contributed by atoms with E-state index in [4.69, 9.17) is 16.3 Å². The minimum atomic E-state index is -0.852. The van der Waals surface area contributed by atoms with Crippen LogP contribution in [0.4, 0.5) is 0 Å². The lowest BCUT2D eigenvalue weighted by atomic mass is 9.76. The molecule has 0 amide bonds. The Morgan fingerprint density at radius 3 is 3.04 bits per heavy atom. The first-order chi connectivity index (χ1) is 12.0. The predicted molar refractivity (Wildman–Crippen MR) is 93.9 cm³/mol. The van der Waals surface area contributed by atoms with Crippen molar-refractivity contribution in [1.82, 2.24) is 9.88 Å². The van der Waals surface area contributed by atoms with Crippen LogP contribution in [0, 0.1) is 11.3 Å². The normalized spacial score (nSPS) is 26.7. The monoisotopic (exact) mass is 362 g/mol. The van der Waals surface area contributed by atoms with Gasteiger partial charge in [-0.15, -0.1) is 0 Å². The highest BCUT2D eigenvalue weighted by molar-refractivity contribution is 6.31. The summed E-state index contributed by atoms with van der Waals surface area (Å²) in [5.74, 6) is -0.737. The van der Waals surface area contributed by atoms with E-state index in [1.54, 1.807) is 12.1 Å². The average molecular weight is 363 g/mol. The summed E-state index contributed by atoms with van der Waals surface area (Å²) < 4.78 is 5.45. The molecule has 6 nitrogen and oxygen atoms in total. The third kappa shape index (κ3) is 2.84. The molecule has 0 aliphatic carbocycles. The molecule has 0 unspecified atom stereocenters. The zero-order valence-corrected chi connectivity index (χ0v) is 14.4. The maximum atomic E-state index is 12.4. The standard InChI is InChI=1S/C18H19ClN2O4/c19-14-2-1-11-5-12(16(22)20-15(11)6-14)7-21-8-13-3-4-25-10-18(13,9-21)17(23)24/h1-2,5-6,13H,3-4,7-10H2,(H,20,22)(H,23,24)/t13-,18+/m0/s1. The summed E-state index contributed by atoms with van der Waals surface area (Å²) in [4.78, 5) is 29.2. The Morgan fingerprint density at radius 2 is 2.28 bits per heavy atom. The van der Waals surface area contributed by atoms with Gasteiger partial charge in [0.15, 0.2) is 0 Å². The van der Waals surface area contributed by atoms with Crippen LogP contribution in [-0.2, 0) is 16.1 Å². The molecule has 4 rings (SSSR count). The maximum Gasteiger partial charge on any atom is 0.313 e. The SMILES string of the molecule is O=C(O)[C@]12COCC[C@H]1CN(Cc1cc3ccc(Cl)cc3[nH]c1=O)C2. The van der Waals surface area contributed by atoms with Crippen LogP contribution in [0.1, 0.15) is 12.0 Å². The van der Waals surface area contributed by atoms with E-state index in [0.29, 0.717) is 42.3 Å². The fourth-order valence-electron chi connectivity index (χ4n) is 4.09. The number of carboxylic acid groups (broad SMARTS) is 1. The Bertz CT molecular complexity index is 896. The highest BCUT2D eigenvalue weighted by Crippen LogP contribution is 2.42. The number of hydrogen-bond acceptors (Lipinski definition) is 4. The van der Waals surface area contributed by atoms with Gasteiger partial charge < -0.3 is 14.8 Å². The smallest absolute Gasteiger partial charge is 0.313 e. The quantitative estimate of drug-likeness (QED) is 0.873. The first-order valence-electron chi connectivity index (χ1n) is 8.33. The van der Waals surface area contributed by atoms with Gasteiger partial charge >= 0.3 is 5.97 Å². The molecule has 2 aliphatic heterocycles. The molecular formula is C18H19ClN2O4. The lowest BCUT2D eigenvalue weighted by Crippen LogP contribution is -2.46. The van der Waals surface area contributed by atoms with Crippen LogP contribution in [0.3, 0.4) is 0 Å². The summed E-state index contributed by atoms with van der Waals surface area (Å²) in [5, 5.41) is 11.2. The summed E-state index contributed by atoms with van der Waals surface area (Å²) in [6, 6.07) is 7.24. The molecule has 0 spiro atoms. The Balaban J connectivity index is 1.61. The second-order valence-corrected chi connectivity index (χ2v) is 7.46. The number of pyridine rings is 1. The van der Waals surface area contributed by atoms with Crippen molar-refractivity contribution in [2.24, 2.45) is 11.3 Å². The molecule has 0 bridgehead atoms. The minimum Gasteiger partial charge on any atom is -0.481 e. The van der Waals surface area contributed by atoms with Crippen LogP contribution >= 0.6 is 11.6 Å². The largest absolute Gasteiger partial charge is 0.481 e. The Labute approximate surface area is 149 Å². The van der Waals surface area contributed by atoms with Gasteiger partial charge in [-0.2, -0.15) is 0 Å². The second kappa shape index (κ2) is 6.12. The Kier molecular flexibility index (Phi) is 4.06. The number of fused-ring (bicyclic) bond motifs is 2. The van der Waals surface area contributed by atoms with Gasteiger partial charge in [-0.3, -0.25) is 14.5 Å². The van der Waals surface area contributed by atoms with Crippen LogP contribution in [0.25, 0.3) is 10.9 Å². The summed E-state index contributed by atoms with van der Waals surface area (Å²) in [6.07, 6.45) is 0.745. The number of H-pyrrole nitrogens is 1. The Morgan fingerprint density at radius 1 is 1.44 bits per heavy atom. The van der Waals surface area contributed by atoms with Crippen molar-refractivity contribution >= 4 is 28.5 Å².